The number of anilines is 4. The number of H-pyrrole nitrogens is 1. The molecule has 0 spiro atoms. The quantitative estimate of drug-likeness (QED) is 0.167. The number of aryl methyl sites for hydroxylation is 1. The second-order valence-corrected chi connectivity index (χ2v) is 12.3. The van der Waals surface area contributed by atoms with Crippen LogP contribution in [0, 0.1) is 6.92 Å². The minimum atomic E-state index is -0.342. The molecule has 1 saturated heterocycles. The molecule has 2 aromatic carbocycles. The molecule has 4 N–H and O–H groups in total. The Morgan fingerprint density at radius 3 is 2.46 bits per heavy atom. The lowest BCUT2D eigenvalue weighted by atomic mass is 10.0. The Labute approximate surface area is 288 Å². The first-order chi connectivity index (χ1) is 24.4. The van der Waals surface area contributed by atoms with Crippen LogP contribution < -0.4 is 16.0 Å². The number of benzene rings is 2. The predicted octanol–water partition coefficient (Wildman–Crippen LogP) is 4.50. The van der Waals surface area contributed by atoms with Gasteiger partial charge in [0, 0.05) is 92.0 Å². The number of carbonyl (C=O) groups excluding carboxylic acids is 2. The number of aromatic amines is 1. The van der Waals surface area contributed by atoms with Crippen LogP contribution in [-0.2, 0) is 11.3 Å². The summed E-state index contributed by atoms with van der Waals surface area (Å²) in [5, 5.41) is 23.8. The molecule has 5 aromatic rings. The van der Waals surface area contributed by atoms with E-state index in [1.54, 1.807) is 30.9 Å². The summed E-state index contributed by atoms with van der Waals surface area (Å²) in [6, 6.07) is 17.2. The first-order valence-corrected chi connectivity index (χ1v) is 16.3. The van der Waals surface area contributed by atoms with Gasteiger partial charge >= 0.3 is 0 Å². The van der Waals surface area contributed by atoms with E-state index in [4.69, 9.17) is 4.98 Å². The van der Waals surface area contributed by atoms with Crippen LogP contribution in [0.4, 0.5) is 23.0 Å². The van der Waals surface area contributed by atoms with Crippen molar-refractivity contribution in [3.63, 3.8) is 0 Å². The number of aromatic nitrogens is 5. The molecule has 0 unspecified atom stereocenters. The normalized spacial score (nSPS) is 14.9. The molecule has 14 nitrogen and oxygen atoms in total. The van der Waals surface area contributed by atoms with Crippen molar-refractivity contribution >= 4 is 46.2 Å². The van der Waals surface area contributed by atoms with Gasteiger partial charge in [-0.3, -0.25) is 24.6 Å². The molecule has 2 aliphatic heterocycles. The molecule has 0 radical (unpaired) electrons. The van der Waals surface area contributed by atoms with Gasteiger partial charge in [-0.25, -0.2) is 9.97 Å². The van der Waals surface area contributed by atoms with E-state index in [9.17, 15) is 9.59 Å². The average molecular weight is 669 g/mol. The van der Waals surface area contributed by atoms with Gasteiger partial charge in [0.25, 0.3) is 11.8 Å². The third-order valence-corrected chi connectivity index (χ3v) is 8.63. The second kappa shape index (κ2) is 14.6. The van der Waals surface area contributed by atoms with E-state index in [-0.39, 0.29) is 18.2 Å². The van der Waals surface area contributed by atoms with Gasteiger partial charge in [0.05, 0.1) is 23.3 Å². The van der Waals surface area contributed by atoms with Gasteiger partial charge in [-0.05, 0) is 61.5 Å². The Morgan fingerprint density at radius 2 is 1.66 bits per heavy atom. The summed E-state index contributed by atoms with van der Waals surface area (Å²) in [6.07, 6.45) is 8.42. The van der Waals surface area contributed by atoms with Crippen molar-refractivity contribution in [2.45, 2.75) is 19.9 Å². The monoisotopic (exact) mass is 668 g/mol. The van der Waals surface area contributed by atoms with E-state index in [1.807, 2.05) is 55.5 Å². The fourth-order valence-electron chi connectivity index (χ4n) is 5.66. The maximum Gasteiger partial charge on any atom is 0.272 e. The van der Waals surface area contributed by atoms with Crippen molar-refractivity contribution in [2.24, 2.45) is 10.2 Å². The Hall–Kier alpha value is -6.12. The molecule has 14 heteroatoms. The Balaban J connectivity index is 0.982. The number of hydrogen-bond donors (Lipinski definition) is 4. The molecule has 3 aromatic heterocycles. The topological polar surface area (TPSA) is 169 Å². The molecule has 252 valence electrons. The van der Waals surface area contributed by atoms with Gasteiger partial charge in [-0.1, -0.05) is 18.2 Å². The molecule has 2 aliphatic rings. The first-order valence-electron chi connectivity index (χ1n) is 16.3. The predicted molar refractivity (Wildman–Crippen MR) is 193 cm³/mol. The van der Waals surface area contributed by atoms with Crippen molar-refractivity contribution in [3.8, 4) is 11.3 Å². The van der Waals surface area contributed by atoms with Crippen molar-refractivity contribution in [3.05, 3.63) is 108 Å². The number of likely N-dealkylation sites (N-methyl/N-ethyl adjacent to an activating group) is 1. The average Bonchev–Trinajstić information content (AvgIpc) is 3.85. The van der Waals surface area contributed by atoms with E-state index >= 15 is 0 Å². The van der Waals surface area contributed by atoms with E-state index in [2.05, 4.69) is 63.2 Å². The SMILES string of the molecule is Cc1ccc(NC(=O)c2ccc(CN3CCN(C)CC3)cc2)cc1Nc1nccc(-c2cncc(C3=NN=C(C(=O)Nc4cn[nH]c4)C3)c2)n1. The lowest BCUT2D eigenvalue weighted by Gasteiger charge is -2.32. The van der Waals surface area contributed by atoms with Crippen LogP contribution in [0.3, 0.4) is 0 Å². The summed E-state index contributed by atoms with van der Waals surface area (Å²) < 4.78 is 0. The Kier molecular flexibility index (Phi) is 9.44. The number of piperazine rings is 1. The second-order valence-electron chi connectivity index (χ2n) is 12.3. The summed E-state index contributed by atoms with van der Waals surface area (Å²) in [5.74, 6) is -0.139. The summed E-state index contributed by atoms with van der Waals surface area (Å²) in [5.41, 5.74) is 7.75. The Bertz CT molecular complexity index is 2070. The van der Waals surface area contributed by atoms with Gasteiger partial charge in [-0.15, -0.1) is 5.10 Å². The summed E-state index contributed by atoms with van der Waals surface area (Å²) in [6.45, 7) is 7.09. The zero-order valence-corrected chi connectivity index (χ0v) is 27.7. The van der Waals surface area contributed by atoms with Crippen LogP contribution in [0.2, 0.25) is 0 Å². The summed E-state index contributed by atoms with van der Waals surface area (Å²) in [7, 11) is 2.15. The minimum Gasteiger partial charge on any atom is -0.324 e. The number of amides is 2. The van der Waals surface area contributed by atoms with Crippen LogP contribution in [0.15, 0.2) is 95.8 Å². The van der Waals surface area contributed by atoms with Crippen molar-refractivity contribution in [2.75, 3.05) is 49.2 Å². The standard InChI is InChI=1S/C36H36N12O2/c1-23-3-8-28(41-34(49)25-6-4-24(5-7-25)22-48-13-11-47(2)12-14-48)16-31(23)44-36-38-10-9-30(43-36)26-15-27(19-37-18-26)32-17-33(46-45-32)35(50)42-29-20-39-40-21-29/h3-10,15-16,18-21H,11-14,17,22H2,1-2H3,(H,39,40)(H,41,49)(H,42,50)(H,38,43,44). The van der Waals surface area contributed by atoms with Crippen LogP contribution in [-0.4, -0.2) is 91.4 Å². The zero-order valence-electron chi connectivity index (χ0n) is 27.7. The largest absolute Gasteiger partial charge is 0.324 e. The van der Waals surface area contributed by atoms with Gasteiger partial charge < -0.3 is 20.9 Å². The summed E-state index contributed by atoms with van der Waals surface area (Å²) >= 11 is 0. The Morgan fingerprint density at radius 1 is 0.860 bits per heavy atom. The first kappa shape index (κ1) is 32.4. The molecule has 5 heterocycles. The molecule has 0 aliphatic carbocycles. The van der Waals surface area contributed by atoms with Gasteiger partial charge in [0.1, 0.15) is 5.71 Å². The lowest BCUT2D eigenvalue weighted by molar-refractivity contribution is -0.110. The van der Waals surface area contributed by atoms with Gasteiger partial charge in [0.2, 0.25) is 5.95 Å². The van der Waals surface area contributed by atoms with Crippen LogP contribution in [0.1, 0.15) is 33.5 Å². The number of nitrogens with one attached hydrogen (secondary N) is 4. The van der Waals surface area contributed by atoms with E-state index < -0.39 is 0 Å². The number of rotatable bonds is 10. The highest BCUT2D eigenvalue weighted by Gasteiger charge is 2.22. The van der Waals surface area contributed by atoms with E-state index in [0.717, 1.165) is 55.1 Å². The molecule has 1 fully saturated rings. The highest BCUT2D eigenvalue weighted by atomic mass is 16.2. The van der Waals surface area contributed by atoms with Crippen LogP contribution >= 0.6 is 0 Å². The highest BCUT2D eigenvalue weighted by Crippen LogP contribution is 2.26. The van der Waals surface area contributed by atoms with E-state index in [0.29, 0.717) is 40.0 Å². The maximum absolute atomic E-state index is 13.1. The van der Waals surface area contributed by atoms with Gasteiger partial charge in [0.15, 0.2) is 0 Å². The number of hydrogen-bond acceptors (Lipinski definition) is 11. The molecule has 2 amide bonds. The maximum atomic E-state index is 13.1. The van der Waals surface area contributed by atoms with Crippen molar-refractivity contribution < 1.29 is 9.59 Å². The smallest absolute Gasteiger partial charge is 0.272 e. The van der Waals surface area contributed by atoms with Crippen LogP contribution in [0.25, 0.3) is 11.3 Å². The molecular weight excluding hydrogens is 632 g/mol. The third kappa shape index (κ3) is 7.77. The lowest BCUT2D eigenvalue weighted by Crippen LogP contribution is -2.43. The molecule has 0 bridgehead atoms. The number of carbonyl (C=O) groups is 2. The van der Waals surface area contributed by atoms with Crippen LogP contribution in [0.5, 0.6) is 0 Å². The minimum absolute atomic E-state index is 0.181. The molecule has 50 heavy (non-hydrogen) atoms. The van der Waals surface area contributed by atoms with Crippen molar-refractivity contribution in [1.82, 2.24) is 34.9 Å². The van der Waals surface area contributed by atoms with E-state index in [1.165, 1.54) is 11.8 Å². The zero-order chi connectivity index (χ0) is 34.5. The number of pyridine rings is 1. The fourth-order valence-corrected chi connectivity index (χ4v) is 5.66. The molecule has 0 atom stereocenters. The molecular formula is C36H36N12O2. The van der Waals surface area contributed by atoms with Gasteiger partial charge in [-0.2, -0.15) is 10.2 Å². The third-order valence-electron chi connectivity index (χ3n) is 8.63. The molecule has 0 saturated carbocycles. The fraction of sp³-hybridized carbons (Fsp3) is 0.222. The van der Waals surface area contributed by atoms with Crippen molar-refractivity contribution in [1.29, 1.82) is 0 Å². The molecule has 7 rings (SSSR count). The summed E-state index contributed by atoms with van der Waals surface area (Å²) in [4.78, 5) is 44.0. The highest BCUT2D eigenvalue weighted by molar-refractivity contribution is 6.47. The number of nitrogens with zero attached hydrogens (tertiary/aromatic N) is 8.